The Morgan fingerprint density at radius 2 is 1.88 bits per heavy atom. The third kappa shape index (κ3) is 3.15. The molecule has 3 amide bonds. The van der Waals surface area contributed by atoms with E-state index >= 15 is 0 Å². The fourth-order valence-corrected chi connectivity index (χ4v) is 2.89. The molecule has 0 bridgehead atoms. The summed E-state index contributed by atoms with van der Waals surface area (Å²) in [5, 5.41) is 18.9. The molecule has 0 spiro atoms. The van der Waals surface area contributed by atoms with Gasteiger partial charge in [0.05, 0.1) is 0 Å². The molecule has 1 aromatic rings. The van der Waals surface area contributed by atoms with Crippen molar-refractivity contribution in [2.24, 2.45) is 4.99 Å². The lowest BCUT2D eigenvalue weighted by molar-refractivity contribution is -0.137. The minimum Gasteiger partial charge on any atom is -0.495 e. The summed E-state index contributed by atoms with van der Waals surface area (Å²) < 4.78 is 0. The minimum absolute atomic E-state index is 0.0255. The van der Waals surface area contributed by atoms with E-state index in [9.17, 15) is 19.5 Å². The number of aliphatic carboxylic acids is 1. The van der Waals surface area contributed by atoms with Gasteiger partial charge in [-0.2, -0.15) is 4.99 Å². The van der Waals surface area contributed by atoms with Crippen LogP contribution in [0.5, 0.6) is 0 Å². The van der Waals surface area contributed by atoms with Crippen LogP contribution in [0, 0.1) is 0 Å². The molecule has 24 heavy (non-hydrogen) atoms. The highest BCUT2D eigenvalue weighted by Gasteiger charge is 2.51. The van der Waals surface area contributed by atoms with E-state index in [1.807, 2.05) is 0 Å². The molecule has 0 fully saturated rings. The predicted molar refractivity (Wildman–Crippen MR) is 87.1 cm³/mol. The number of carboxylic acid groups (broad SMARTS) is 1. The number of unbranched alkanes of at least 4 members (excludes halogenated alkanes) is 1. The molecule has 1 aromatic carbocycles. The van der Waals surface area contributed by atoms with Gasteiger partial charge in [-0.3, -0.25) is 14.5 Å². The average molecular weight is 332 g/mol. The van der Waals surface area contributed by atoms with Crippen LogP contribution in [0.4, 0.5) is 4.79 Å². The molecule has 0 aromatic heterocycles. The number of amides is 3. The largest absolute Gasteiger partial charge is 0.495 e. The first kappa shape index (κ1) is 17.7. The molecule has 1 unspecified atom stereocenters. The average Bonchev–Trinajstić information content (AvgIpc) is 2.55. The Balaban J connectivity index is 2.29. The zero-order valence-electron chi connectivity index (χ0n) is 13.4. The van der Waals surface area contributed by atoms with Crippen molar-refractivity contribution < 1.29 is 24.6 Å². The topological polar surface area (TPSA) is 107 Å². The molecular weight excluding hydrogens is 312 g/mol. The lowest BCUT2D eigenvalue weighted by atomic mass is 9.75. The van der Waals surface area contributed by atoms with Gasteiger partial charge in [0.15, 0.2) is 0 Å². The normalized spacial score (nSPS) is 20.9. The first-order valence-electron chi connectivity index (χ1n) is 7.85. The predicted octanol–water partition coefficient (Wildman–Crippen LogP) is 2.51. The highest BCUT2D eigenvalue weighted by atomic mass is 16.4. The van der Waals surface area contributed by atoms with Crippen molar-refractivity contribution in [3.05, 3.63) is 35.9 Å². The highest BCUT2D eigenvalue weighted by Crippen LogP contribution is 2.34. The van der Waals surface area contributed by atoms with Crippen LogP contribution >= 0.6 is 0 Å². The van der Waals surface area contributed by atoms with Gasteiger partial charge in [-0.1, -0.05) is 37.3 Å². The molecule has 7 nitrogen and oxygen atoms in total. The molecule has 1 atom stereocenters. The number of benzene rings is 1. The van der Waals surface area contributed by atoms with Crippen molar-refractivity contribution >= 4 is 23.8 Å². The first-order valence-corrected chi connectivity index (χ1v) is 7.85. The summed E-state index contributed by atoms with van der Waals surface area (Å²) in [6, 6.07) is 7.91. The summed E-state index contributed by atoms with van der Waals surface area (Å²) in [4.78, 5) is 40.2. The smallest absolute Gasteiger partial charge is 0.353 e. The third-order valence-corrected chi connectivity index (χ3v) is 4.24. The quantitative estimate of drug-likeness (QED) is 0.746. The van der Waals surface area contributed by atoms with Crippen LogP contribution in [0.25, 0.3) is 0 Å². The SMILES string of the molecule is CCC1(c2ccccc2)C(=O)N(CCCCC(=O)O)C(=O)N=C1O. The summed E-state index contributed by atoms with van der Waals surface area (Å²) in [6.45, 7) is 1.82. The van der Waals surface area contributed by atoms with Crippen molar-refractivity contribution in [3.8, 4) is 0 Å². The number of imide groups is 1. The van der Waals surface area contributed by atoms with Crippen LogP contribution in [0.1, 0.15) is 38.2 Å². The number of carbonyl (C=O) groups excluding carboxylic acids is 2. The van der Waals surface area contributed by atoms with Gasteiger partial charge in [-0.25, -0.2) is 4.79 Å². The summed E-state index contributed by atoms with van der Waals surface area (Å²) in [5.41, 5.74) is -0.802. The second-order valence-electron chi connectivity index (χ2n) is 5.65. The molecule has 128 valence electrons. The van der Waals surface area contributed by atoms with Crippen molar-refractivity contribution in [2.75, 3.05) is 6.54 Å². The molecule has 0 radical (unpaired) electrons. The van der Waals surface area contributed by atoms with Gasteiger partial charge in [-0.05, 0) is 24.8 Å². The van der Waals surface area contributed by atoms with E-state index in [1.54, 1.807) is 37.3 Å². The number of carboxylic acids is 1. The van der Waals surface area contributed by atoms with Crippen molar-refractivity contribution in [1.29, 1.82) is 0 Å². The Bertz CT molecular complexity index is 671. The van der Waals surface area contributed by atoms with Gasteiger partial charge < -0.3 is 10.2 Å². The molecule has 2 rings (SSSR count). The number of nitrogens with zero attached hydrogens (tertiary/aromatic N) is 2. The van der Waals surface area contributed by atoms with E-state index in [1.165, 1.54) is 0 Å². The number of hydrogen-bond acceptors (Lipinski definition) is 3. The van der Waals surface area contributed by atoms with E-state index in [2.05, 4.69) is 4.99 Å². The van der Waals surface area contributed by atoms with Crippen LogP contribution in [0.2, 0.25) is 0 Å². The number of urea groups is 1. The Morgan fingerprint density at radius 3 is 2.46 bits per heavy atom. The monoisotopic (exact) mass is 332 g/mol. The molecule has 7 heteroatoms. The molecular formula is C17H20N2O5. The third-order valence-electron chi connectivity index (χ3n) is 4.24. The van der Waals surface area contributed by atoms with E-state index in [-0.39, 0.29) is 19.4 Å². The number of aliphatic hydroxyl groups excluding tert-OH is 1. The minimum atomic E-state index is -1.37. The second-order valence-corrected chi connectivity index (χ2v) is 5.65. The molecule has 0 aliphatic carbocycles. The number of rotatable bonds is 7. The molecule has 2 N–H and O–H groups in total. The van der Waals surface area contributed by atoms with Gasteiger partial charge in [-0.15, -0.1) is 0 Å². The maximum atomic E-state index is 13.0. The van der Waals surface area contributed by atoms with Gasteiger partial charge in [0, 0.05) is 13.0 Å². The van der Waals surface area contributed by atoms with Gasteiger partial charge in [0.1, 0.15) is 5.41 Å². The molecule has 1 aliphatic heterocycles. The number of hydrogen-bond donors (Lipinski definition) is 2. The Kier molecular flexibility index (Phi) is 5.33. The zero-order chi connectivity index (χ0) is 17.7. The summed E-state index contributed by atoms with van der Waals surface area (Å²) in [7, 11) is 0. The van der Waals surface area contributed by atoms with E-state index in [4.69, 9.17) is 5.11 Å². The fourth-order valence-electron chi connectivity index (χ4n) is 2.89. The lowest BCUT2D eigenvalue weighted by Gasteiger charge is -2.37. The molecule has 1 heterocycles. The van der Waals surface area contributed by atoms with Gasteiger partial charge >= 0.3 is 12.0 Å². The maximum Gasteiger partial charge on any atom is 0.353 e. The fraction of sp³-hybridized carbons (Fsp3) is 0.412. The van der Waals surface area contributed by atoms with Gasteiger partial charge in [0.25, 0.3) is 5.91 Å². The molecule has 1 aliphatic rings. The number of aliphatic imine (C=N–C) groups is 1. The van der Waals surface area contributed by atoms with Crippen molar-refractivity contribution in [2.45, 2.75) is 38.0 Å². The highest BCUT2D eigenvalue weighted by molar-refractivity contribution is 6.20. The van der Waals surface area contributed by atoms with Crippen LogP contribution in [-0.4, -0.2) is 45.5 Å². The summed E-state index contributed by atoms with van der Waals surface area (Å²) in [6.07, 6.45) is 0.952. The first-order chi connectivity index (χ1) is 11.4. The second kappa shape index (κ2) is 7.25. The Hall–Kier alpha value is -2.70. The van der Waals surface area contributed by atoms with Crippen LogP contribution in [0.3, 0.4) is 0 Å². The van der Waals surface area contributed by atoms with E-state index in [0.29, 0.717) is 18.4 Å². The number of aliphatic hydroxyl groups is 1. The van der Waals surface area contributed by atoms with Crippen LogP contribution in [0.15, 0.2) is 35.3 Å². The Labute approximate surface area is 139 Å². The van der Waals surface area contributed by atoms with E-state index < -0.39 is 29.2 Å². The van der Waals surface area contributed by atoms with Crippen LogP contribution in [-0.2, 0) is 15.0 Å². The molecule has 0 saturated carbocycles. The zero-order valence-corrected chi connectivity index (χ0v) is 13.4. The van der Waals surface area contributed by atoms with E-state index in [0.717, 1.165) is 4.90 Å². The maximum absolute atomic E-state index is 13.0. The summed E-state index contributed by atoms with van der Waals surface area (Å²) in [5.74, 6) is -1.94. The van der Waals surface area contributed by atoms with Crippen molar-refractivity contribution in [1.82, 2.24) is 4.90 Å². The lowest BCUT2D eigenvalue weighted by Crippen LogP contribution is -2.57. The molecule has 0 saturated heterocycles. The number of carbonyl (C=O) groups is 3. The van der Waals surface area contributed by atoms with Crippen LogP contribution < -0.4 is 0 Å². The Morgan fingerprint density at radius 1 is 1.21 bits per heavy atom. The standard InChI is InChI=1S/C17H20N2O5/c1-2-17(12-8-4-3-5-9-12)14(22)18-16(24)19(15(17)23)11-7-6-10-13(20)21/h3-5,8-9H,2,6-7,10-11H2,1H3,(H,20,21)(H,18,22,24). The summed E-state index contributed by atoms with van der Waals surface area (Å²) >= 11 is 0. The van der Waals surface area contributed by atoms with Gasteiger partial charge in [0.2, 0.25) is 5.90 Å². The van der Waals surface area contributed by atoms with Crippen molar-refractivity contribution in [3.63, 3.8) is 0 Å².